The molecule has 0 aliphatic rings. The van der Waals surface area contributed by atoms with Crippen LogP contribution >= 0.6 is 34.7 Å². The van der Waals surface area contributed by atoms with Gasteiger partial charge in [0.05, 0.1) is 27.7 Å². The summed E-state index contributed by atoms with van der Waals surface area (Å²) in [6.45, 7) is 1.82. The van der Waals surface area contributed by atoms with Crippen molar-refractivity contribution in [2.75, 3.05) is 0 Å². The van der Waals surface area contributed by atoms with E-state index >= 15 is 0 Å². The van der Waals surface area contributed by atoms with E-state index in [4.69, 9.17) is 11.6 Å². The number of halogens is 1. The van der Waals surface area contributed by atoms with Crippen LogP contribution in [0.3, 0.4) is 0 Å². The second-order valence-electron chi connectivity index (χ2n) is 6.86. The number of thiophene rings is 1. The number of hydrogen-bond acceptors (Lipinski definition) is 6. The smallest absolute Gasteiger partial charge is 0.273 e. The maximum Gasteiger partial charge on any atom is 0.273 e. The van der Waals surface area contributed by atoms with E-state index in [2.05, 4.69) is 9.82 Å². The van der Waals surface area contributed by atoms with Crippen molar-refractivity contribution in [1.29, 1.82) is 0 Å². The monoisotopic (exact) mass is 503 g/mol. The van der Waals surface area contributed by atoms with Crippen molar-refractivity contribution in [2.45, 2.75) is 26.7 Å². The predicted molar refractivity (Wildman–Crippen MR) is 127 cm³/mol. The Morgan fingerprint density at radius 3 is 2.62 bits per heavy atom. The minimum absolute atomic E-state index is 0.0723. The van der Waals surface area contributed by atoms with Crippen LogP contribution in [0.4, 0.5) is 0 Å². The standard InChI is InChI=1S/C22H18ClN3O3S3/c1-15-12-18(26(24-15)17-7-3-2-4-8-17)14-20(27)25-32(28,29)22-11-10-21(31-22)30-19-9-5-6-16(23)13-19/h2-13H,14H2,1H3,(H,25,27). The molecule has 0 spiro atoms. The number of aryl methyl sites for hydroxylation is 1. The Morgan fingerprint density at radius 2 is 1.88 bits per heavy atom. The van der Waals surface area contributed by atoms with Gasteiger partial charge in [-0.25, -0.2) is 17.8 Å². The molecule has 4 rings (SSSR count). The van der Waals surface area contributed by atoms with Crippen molar-refractivity contribution < 1.29 is 13.2 Å². The molecule has 2 heterocycles. The van der Waals surface area contributed by atoms with Gasteiger partial charge in [0.1, 0.15) is 4.21 Å². The van der Waals surface area contributed by atoms with Gasteiger partial charge < -0.3 is 0 Å². The Labute approximate surface area is 199 Å². The van der Waals surface area contributed by atoms with Gasteiger partial charge in [-0.1, -0.05) is 47.6 Å². The number of rotatable bonds is 7. The van der Waals surface area contributed by atoms with Crippen LogP contribution in [0.5, 0.6) is 0 Å². The van der Waals surface area contributed by atoms with E-state index in [1.54, 1.807) is 28.9 Å². The molecule has 4 aromatic rings. The molecule has 2 aromatic heterocycles. The summed E-state index contributed by atoms with van der Waals surface area (Å²) in [4.78, 5) is 13.5. The molecule has 0 bridgehead atoms. The Morgan fingerprint density at radius 1 is 1.09 bits per heavy atom. The van der Waals surface area contributed by atoms with Gasteiger partial charge in [-0.15, -0.1) is 11.3 Å². The molecule has 164 valence electrons. The van der Waals surface area contributed by atoms with Gasteiger partial charge in [0.2, 0.25) is 5.91 Å². The Bertz CT molecular complexity index is 1370. The van der Waals surface area contributed by atoms with E-state index in [1.807, 2.05) is 49.4 Å². The van der Waals surface area contributed by atoms with Crippen molar-refractivity contribution >= 4 is 50.6 Å². The normalized spacial score (nSPS) is 11.4. The summed E-state index contributed by atoms with van der Waals surface area (Å²) < 4.78 is 30.1. The van der Waals surface area contributed by atoms with E-state index in [0.717, 1.165) is 31.8 Å². The first-order chi connectivity index (χ1) is 15.3. The summed E-state index contributed by atoms with van der Waals surface area (Å²) >= 11 is 8.51. The molecule has 32 heavy (non-hydrogen) atoms. The lowest BCUT2D eigenvalue weighted by molar-refractivity contribution is -0.118. The largest absolute Gasteiger partial charge is 0.274 e. The lowest BCUT2D eigenvalue weighted by Crippen LogP contribution is -2.31. The molecule has 0 saturated carbocycles. The van der Waals surface area contributed by atoms with Gasteiger partial charge in [0, 0.05) is 9.92 Å². The van der Waals surface area contributed by atoms with Crippen LogP contribution in [-0.2, 0) is 21.2 Å². The van der Waals surface area contributed by atoms with Crippen molar-refractivity contribution in [2.24, 2.45) is 0 Å². The highest BCUT2D eigenvalue weighted by Gasteiger charge is 2.22. The van der Waals surface area contributed by atoms with Gasteiger partial charge in [-0.05, 0) is 55.5 Å². The van der Waals surface area contributed by atoms with E-state index < -0.39 is 15.9 Å². The molecular weight excluding hydrogens is 486 g/mol. The molecule has 10 heteroatoms. The van der Waals surface area contributed by atoms with Crippen LogP contribution in [0.2, 0.25) is 5.02 Å². The maximum atomic E-state index is 12.7. The zero-order chi connectivity index (χ0) is 22.7. The summed E-state index contributed by atoms with van der Waals surface area (Å²) in [6, 6.07) is 21.6. The zero-order valence-electron chi connectivity index (χ0n) is 16.9. The van der Waals surface area contributed by atoms with Crippen molar-refractivity contribution in [1.82, 2.24) is 14.5 Å². The molecular formula is C22H18ClN3O3S3. The Hall–Kier alpha value is -2.59. The summed E-state index contributed by atoms with van der Waals surface area (Å²) in [5.41, 5.74) is 2.14. The van der Waals surface area contributed by atoms with Crippen LogP contribution < -0.4 is 4.72 Å². The molecule has 0 aliphatic carbocycles. The number of nitrogens with zero attached hydrogens (tertiary/aromatic N) is 2. The molecule has 1 amide bonds. The third-order valence-electron chi connectivity index (χ3n) is 4.33. The highest BCUT2D eigenvalue weighted by molar-refractivity contribution is 8.01. The van der Waals surface area contributed by atoms with Crippen LogP contribution in [-0.4, -0.2) is 24.1 Å². The van der Waals surface area contributed by atoms with Crippen molar-refractivity contribution in [3.8, 4) is 5.69 Å². The van der Waals surface area contributed by atoms with Gasteiger partial charge in [-0.3, -0.25) is 4.79 Å². The molecule has 1 N–H and O–H groups in total. The first-order valence-electron chi connectivity index (χ1n) is 9.50. The van der Waals surface area contributed by atoms with Crippen LogP contribution in [0, 0.1) is 6.92 Å². The summed E-state index contributed by atoms with van der Waals surface area (Å²) in [5, 5.41) is 5.02. The number of nitrogens with one attached hydrogen (secondary N) is 1. The first-order valence-corrected chi connectivity index (χ1v) is 13.0. The van der Waals surface area contributed by atoms with E-state index in [0.29, 0.717) is 10.7 Å². The lowest BCUT2D eigenvalue weighted by Gasteiger charge is -2.08. The van der Waals surface area contributed by atoms with Crippen LogP contribution in [0.25, 0.3) is 5.69 Å². The summed E-state index contributed by atoms with van der Waals surface area (Å²) in [6.07, 6.45) is -0.121. The van der Waals surface area contributed by atoms with Crippen LogP contribution in [0.1, 0.15) is 11.4 Å². The van der Waals surface area contributed by atoms with E-state index in [1.165, 1.54) is 17.8 Å². The highest BCUT2D eigenvalue weighted by atomic mass is 35.5. The zero-order valence-corrected chi connectivity index (χ0v) is 20.1. The number of carbonyl (C=O) groups is 1. The number of benzene rings is 2. The number of hydrogen-bond donors (Lipinski definition) is 1. The number of aromatic nitrogens is 2. The molecule has 0 aliphatic heterocycles. The molecule has 0 fully saturated rings. The number of sulfonamides is 1. The number of carbonyl (C=O) groups excluding carboxylic acids is 1. The van der Waals surface area contributed by atoms with Gasteiger partial charge in [0.15, 0.2) is 0 Å². The lowest BCUT2D eigenvalue weighted by atomic mass is 10.2. The Balaban J connectivity index is 1.47. The highest BCUT2D eigenvalue weighted by Crippen LogP contribution is 2.35. The van der Waals surface area contributed by atoms with E-state index in [9.17, 15) is 13.2 Å². The SMILES string of the molecule is Cc1cc(CC(=O)NS(=O)(=O)c2ccc(Sc3cccc(Cl)c3)s2)n(-c2ccccc2)n1. The molecule has 6 nitrogen and oxygen atoms in total. The molecule has 2 aromatic carbocycles. The fraction of sp³-hybridized carbons (Fsp3) is 0.0909. The second kappa shape index (κ2) is 9.50. The predicted octanol–water partition coefficient (Wildman–Crippen LogP) is 5.09. The van der Waals surface area contributed by atoms with Crippen molar-refractivity contribution in [3.05, 3.63) is 89.2 Å². The van der Waals surface area contributed by atoms with Crippen LogP contribution in [0.15, 0.2) is 86.1 Å². The molecule has 0 saturated heterocycles. The average Bonchev–Trinajstić information content (AvgIpc) is 3.35. The second-order valence-corrected chi connectivity index (χ2v) is 11.7. The minimum atomic E-state index is -3.98. The minimum Gasteiger partial charge on any atom is -0.274 e. The fourth-order valence-electron chi connectivity index (χ4n) is 3.02. The summed E-state index contributed by atoms with van der Waals surface area (Å²) in [5.74, 6) is -0.625. The number of amides is 1. The fourth-order valence-corrected chi connectivity index (χ4v) is 6.88. The number of para-hydroxylation sites is 1. The first kappa shape index (κ1) is 22.6. The maximum absolute atomic E-state index is 12.7. The van der Waals surface area contributed by atoms with Gasteiger partial charge >= 0.3 is 0 Å². The molecule has 0 unspecified atom stereocenters. The summed E-state index contributed by atoms with van der Waals surface area (Å²) in [7, 11) is -3.98. The van der Waals surface area contributed by atoms with Crippen molar-refractivity contribution in [3.63, 3.8) is 0 Å². The molecule has 0 atom stereocenters. The third-order valence-corrected chi connectivity index (χ3v) is 8.64. The molecule has 0 radical (unpaired) electrons. The van der Waals surface area contributed by atoms with Gasteiger partial charge in [-0.2, -0.15) is 5.10 Å². The third kappa shape index (κ3) is 5.42. The van der Waals surface area contributed by atoms with E-state index in [-0.39, 0.29) is 10.6 Å². The van der Waals surface area contributed by atoms with Gasteiger partial charge in [0.25, 0.3) is 10.0 Å². The Kier molecular flexibility index (Phi) is 6.71. The quantitative estimate of drug-likeness (QED) is 0.379. The topological polar surface area (TPSA) is 81.1 Å². The average molecular weight is 504 g/mol.